The number of hydrogen-bond donors (Lipinski definition) is 2. The molecule has 0 atom stereocenters. The Morgan fingerprint density at radius 1 is 1.09 bits per heavy atom. The summed E-state index contributed by atoms with van der Waals surface area (Å²) in [5.74, 6) is -0.971. The van der Waals surface area contributed by atoms with E-state index in [1.165, 1.54) is 11.3 Å². The average molecular weight is 310 g/mol. The van der Waals surface area contributed by atoms with E-state index in [2.05, 4.69) is 4.98 Å². The molecule has 3 aromatic rings. The van der Waals surface area contributed by atoms with E-state index in [9.17, 15) is 9.90 Å². The van der Waals surface area contributed by atoms with Gasteiger partial charge in [0.05, 0.1) is 5.69 Å². The summed E-state index contributed by atoms with van der Waals surface area (Å²) in [5.41, 5.74) is 8.82. The van der Waals surface area contributed by atoms with Gasteiger partial charge < -0.3 is 10.8 Å². The second-order valence-electron chi connectivity index (χ2n) is 4.73. The molecule has 0 spiro atoms. The van der Waals surface area contributed by atoms with E-state index in [1.54, 1.807) is 0 Å². The molecule has 5 heteroatoms. The van der Waals surface area contributed by atoms with Gasteiger partial charge in [-0.3, -0.25) is 0 Å². The van der Waals surface area contributed by atoms with Gasteiger partial charge in [-0.05, 0) is 5.56 Å². The Labute approximate surface area is 131 Å². The van der Waals surface area contributed by atoms with E-state index < -0.39 is 5.97 Å². The van der Waals surface area contributed by atoms with Crippen LogP contribution in [0.3, 0.4) is 0 Å². The summed E-state index contributed by atoms with van der Waals surface area (Å²) in [6, 6.07) is 17.1. The first-order chi connectivity index (χ1) is 10.7. The van der Waals surface area contributed by atoms with Gasteiger partial charge in [0.25, 0.3) is 0 Å². The zero-order valence-electron chi connectivity index (χ0n) is 11.7. The number of aromatic nitrogens is 1. The Hall–Kier alpha value is -2.50. The highest BCUT2D eigenvalue weighted by Crippen LogP contribution is 2.35. The molecule has 2 aromatic carbocycles. The van der Waals surface area contributed by atoms with Crippen molar-refractivity contribution in [2.45, 2.75) is 6.54 Å². The molecular formula is C17H14N2O2S. The topological polar surface area (TPSA) is 76.2 Å². The highest BCUT2D eigenvalue weighted by atomic mass is 32.1. The molecule has 0 fully saturated rings. The summed E-state index contributed by atoms with van der Waals surface area (Å²) < 4.78 is 0. The van der Waals surface area contributed by atoms with Gasteiger partial charge in [-0.25, -0.2) is 9.78 Å². The summed E-state index contributed by atoms with van der Waals surface area (Å²) in [4.78, 5) is 16.4. The molecule has 0 saturated carbocycles. The van der Waals surface area contributed by atoms with Crippen LogP contribution < -0.4 is 5.73 Å². The molecule has 1 aromatic heterocycles. The van der Waals surface area contributed by atoms with E-state index in [0.29, 0.717) is 17.2 Å². The highest BCUT2D eigenvalue weighted by Gasteiger charge is 2.20. The molecule has 0 unspecified atom stereocenters. The Kier molecular flexibility index (Phi) is 4.00. The Morgan fingerprint density at radius 2 is 1.77 bits per heavy atom. The SMILES string of the molecule is NCc1ccccc1-c1nc(-c2ccccc2)sc1C(=O)O. The van der Waals surface area contributed by atoms with Crippen molar-refractivity contribution in [2.24, 2.45) is 5.73 Å². The molecule has 0 bridgehead atoms. The number of thiazole rings is 1. The summed E-state index contributed by atoms with van der Waals surface area (Å²) in [5, 5.41) is 10.2. The molecule has 0 aliphatic heterocycles. The van der Waals surface area contributed by atoms with Gasteiger partial charge in [-0.15, -0.1) is 11.3 Å². The largest absolute Gasteiger partial charge is 0.477 e. The van der Waals surface area contributed by atoms with Crippen LogP contribution in [-0.4, -0.2) is 16.1 Å². The fourth-order valence-corrected chi connectivity index (χ4v) is 3.20. The fourth-order valence-electron chi connectivity index (χ4n) is 2.28. The second-order valence-corrected chi connectivity index (χ2v) is 5.73. The standard InChI is InChI=1S/C17H14N2O2S/c18-10-12-8-4-5-9-13(12)14-15(17(20)21)22-16(19-14)11-6-2-1-3-7-11/h1-9H,10,18H2,(H,20,21). The van der Waals surface area contributed by atoms with Crippen LogP contribution in [0.25, 0.3) is 21.8 Å². The van der Waals surface area contributed by atoms with E-state index in [0.717, 1.165) is 16.7 Å². The Bertz CT molecular complexity index is 813. The molecule has 22 heavy (non-hydrogen) atoms. The van der Waals surface area contributed by atoms with Gasteiger partial charge in [0.15, 0.2) is 0 Å². The minimum atomic E-state index is -0.971. The zero-order valence-corrected chi connectivity index (χ0v) is 12.5. The molecule has 1 heterocycles. The smallest absolute Gasteiger partial charge is 0.348 e. The zero-order chi connectivity index (χ0) is 15.5. The quantitative estimate of drug-likeness (QED) is 0.771. The molecule has 110 valence electrons. The number of carboxylic acids is 1. The monoisotopic (exact) mass is 310 g/mol. The number of rotatable bonds is 4. The van der Waals surface area contributed by atoms with Crippen LogP contribution in [0.4, 0.5) is 0 Å². The fraction of sp³-hybridized carbons (Fsp3) is 0.0588. The van der Waals surface area contributed by atoms with Crippen LogP contribution in [-0.2, 0) is 6.54 Å². The number of nitrogens with zero attached hydrogens (tertiary/aromatic N) is 1. The molecule has 0 saturated heterocycles. The lowest BCUT2D eigenvalue weighted by molar-refractivity contribution is 0.0702. The molecule has 0 aliphatic rings. The molecular weight excluding hydrogens is 296 g/mol. The van der Waals surface area contributed by atoms with Gasteiger partial charge in [0.2, 0.25) is 0 Å². The van der Waals surface area contributed by atoms with Crippen molar-refractivity contribution in [2.75, 3.05) is 0 Å². The summed E-state index contributed by atoms with van der Waals surface area (Å²) in [6.45, 7) is 0.341. The van der Waals surface area contributed by atoms with Crippen molar-refractivity contribution >= 4 is 17.3 Å². The van der Waals surface area contributed by atoms with E-state index in [-0.39, 0.29) is 4.88 Å². The van der Waals surface area contributed by atoms with E-state index in [4.69, 9.17) is 5.73 Å². The van der Waals surface area contributed by atoms with Gasteiger partial charge in [-0.1, -0.05) is 54.6 Å². The van der Waals surface area contributed by atoms with Crippen LogP contribution in [0.2, 0.25) is 0 Å². The molecule has 0 aliphatic carbocycles. The van der Waals surface area contributed by atoms with Crippen molar-refractivity contribution in [1.29, 1.82) is 0 Å². The predicted molar refractivity (Wildman–Crippen MR) is 87.8 cm³/mol. The lowest BCUT2D eigenvalue weighted by atomic mass is 10.0. The number of carboxylic acid groups (broad SMARTS) is 1. The molecule has 0 radical (unpaired) electrons. The number of hydrogen-bond acceptors (Lipinski definition) is 4. The predicted octanol–water partition coefficient (Wildman–Crippen LogP) is 3.63. The lowest BCUT2D eigenvalue weighted by Crippen LogP contribution is -2.01. The van der Waals surface area contributed by atoms with Crippen molar-refractivity contribution in [1.82, 2.24) is 4.98 Å². The Balaban J connectivity index is 2.19. The first-order valence-corrected chi connectivity index (χ1v) is 7.60. The van der Waals surface area contributed by atoms with Crippen molar-refractivity contribution < 1.29 is 9.90 Å². The lowest BCUT2D eigenvalue weighted by Gasteiger charge is -2.05. The highest BCUT2D eigenvalue weighted by molar-refractivity contribution is 7.17. The maximum absolute atomic E-state index is 11.6. The van der Waals surface area contributed by atoms with Crippen molar-refractivity contribution in [3.63, 3.8) is 0 Å². The average Bonchev–Trinajstić information content (AvgIpc) is 3.01. The van der Waals surface area contributed by atoms with Gasteiger partial charge in [0, 0.05) is 17.7 Å². The molecule has 3 N–H and O–H groups in total. The van der Waals surface area contributed by atoms with Crippen LogP contribution in [0.15, 0.2) is 54.6 Å². The number of aromatic carboxylic acids is 1. The van der Waals surface area contributed by atoms with Crippen LogP contribution >= 0.6 is 11.3 Å². The van der Waals surface area contributed by atoms with E-state index >= 15 is 0 Å². The number of benzene rings is 2. The number of nitrogens with two attached hydrogens (primary N) is 1. The summed E-state index contributed by atoms with van der Waals surface area (Å²) in [7, 11) is 0. The third kappa shape index (κ3) is 2.64. The van der Waals surface area contributed by atoms with Crippen molar-refractivity contribution in [3.05, 3.63) is 65.0 Å². The first kappa shape index (κ1) is 14.4. The minimum absolute atomic E-state index is 0.236. The normalized spacial score (nSPS) is 10.6. The minimum Gasteiger partial charge on any atom is -0.477 e. The van der Waals surface area contributed by atoms with Gasteiger partial charge in [0.1, 0.15) is 9.88 Å². The maximum atomic E-state index is 11.6. The third-order valence-corrected chi connectivity index (χ3v) is 4.43. The second kappa shape index (κ2) is 6.09. The maximum Gasteiger partial charge on any atom is 0.348 e. The molecule has 4 nitrogen and oxygen atoms in total. The molecule has 0 amide bonds. The Morgan fingerprint density at radius 3 is 2.45 bits per heavy atom. The van der Waals surface area contributed by atoms with Gasteiger partial charge >= 0.3 is 5.97 Å². The van der Waals surface area contributed by atoms with Crippen LogP contribution in [0.1, 0.15) is 15.2 Å². The van der Waals surface area contributed by atoms with Crippen LogP contribution in [0.5, 0.6) is 0 Å². The number of carbonyl (C=O) groups is 1. The molecule has 3 rings (SSSR count). The van der Waals surface area contributed by atoms with Crippen LogP contribution in [0, 0.1) is 0 Å². The van der Waals surface area contributed by atoms with E-state index in [1.807, 2.05) is 54.6 Å². The van der Waals surface area contributed by atoms with Gasteiger partial charge in [-0.2, -0.15) is 0 Å². The summed E-state index contributed by atoms with van der Waals surface area (Å²) >= 11 is 1.18. The summed E-state index contributed by atoms with van der Waals surface area (Å²) in [6.07, 6.45) is 0. The van der Waals surface area contributed by atoms with Crippen molar-refractivity contribution in [3.8, 4) is 21.8 Å². The third-order valence-electron chi connectivity index (χ3n) is 3.33. The first-order valence-electron chi connectivity index (χ1n) is 6.78.